The third-order valence-electron chi connectivity index (χ3n) is 5.95. The lowest BCUT2D eigenvalue weighted by Gasteiger charge is -2.44. The van der Waals surface area contributed by atoms with E-state index in [1.807, 2.05) is 13.8 Å². The highest BCUT2D eigenvalue weighted by Crippen LogP contribution is 2.48. The Morgan fingerprint density at radius 2 is 1.54 bits per heavy atom. The van der Waals surface area contributed by atoms with E-state index >= 15 is 0 Å². The van der Waals surface area contributed by atoms with Crippen LogP contribution in [-0.2, 0) is 18.6 Å². The van der Waals surface area contributed by atoms with Gasteiger partial charge in [0.2, 0.25) is 0 Å². The van der Waals surface area contributed by atoms with E-state index in [1.165, 1.54) is 0 Å². The van der Waals surface area contributed by atoms with Gasteiger partial charge >= 0.3 is 0 Å². The molecule has 0 saturated carbocycles. The highest BCUT2D eigenvalue weighted by molar-refractivity contribution is 6.77. The molecule has 0 radical (unpaired) electrons. The molecule has 2 bridgehead atoms. The Kier molecular flexibility index (Phi) is 4.69. The van der Waals surface area contributed by atoms with Crippen molar-refractivity contribution in [2.24, 2.45) is 0 Å². The predicted molar refractivity (Wildman–Crippen MR) is 97.3 cm³/mol. The average Bonchev–Trinajstić information content (AvgIpc) is 2.88. The van der Waals surface area contributed by atoms with E-state index in [2.05, 4.69) is 47.6 Å². The molecule has 0 aromatic rings. The second-order valence-corrected chi connectivity index (χ2v) is 14.3. The minimum atomic E-state index is -1.92. The fourth-order valence-electron chi connectivity index (χ4n) is 5.12. The first-order valence-electron chi connectivity index (χ1n) is 9.47. The molecule has 3 aliphatic rings. The van der Waals surface area contributed by atoms with Gasteiger partial charge in [0.05, 0.1) is 11.9 Å². The maximum Gasteiger partial charge on any atom is 0.258 e. The molecule has 138 valence electrons. The van der Waals surface area contributed by atoms with Crippen LogP contribution in [0.15, 0.2) is 11.8 Å². The van der Waals surface area contributed by atoms with Crippen molar-refractivity contribution in [1.82, 2.24) is 0 Å². The Balaban J connectivity index is 1.82. The normalized spacial score (nSPS) is 34.9. The maximum atomic E-state index is 6.87. The molecule has 24 heavy (non-hydrogen) atoms. The Morgan fingerprint density at radius 1 is 1.00 bits per heavy atom. The van der Waals surface area contributed by atoms with Crippen molar-refractivity contribution in [3.63, 3.8) is 0 Å². The fourth-order valence-corrected chi connectivity index (χ4v) is 10.4. The summed E-state index contributed by atoms with van der Waals surface area (Å²) in [4.78, 5) is 0. The van der Waals surface area contributed by atoms with Crippen LogP contribution < -0.4 is 0 Å². The highest BCUT2D eigenvalue weighted by atomic mass is 28.4. The van der Waals surface area contributed by atoms with Crippen LogP contribution in [0.5, 0.6) is 0 Å². The van der Waals surface area contributed by atoms with Gasteiger partial charge in [-0.05, 0) is 36.5 Å². The van der Waals surface area contributed by atoms with Crippen LogP contribution in [0, 0.1) is 0 Å². The SMILES string of the molecule is CC(C)[Si](OC1=C[C@@H]2O[C@H](C1)[C@H]1OC(C)(C)O[C@H]12)(C(C)C)C(C)C. The van der Waals surface area contributed by atoms with Crippen LogP contribution in [0.2, 0.25) is 16.6 Å². The predicted octanol–water partition coefficient (Wildman–Crippen LogP) is 4.75. The molecule has 0 aromatic carbocycles. The van der Waals surface area contributed by atoms with Crippen molar-refractivity contribution in [2.75, 3.05) is 0 Å². The third kappa shape index (κ3) is 2.87. The van der Waals surface area contributed by atoms with Crippen molar-refractivity contribution < 1.29 is 18.6 Å². The van der Waals surface area contributed by atoms with Crippen LogP contribution in [-0.4, -0.2) is 38.5 Å². The van der Waals surface area contributed by atoms with Gasteiger partial charge in [0.15, 0.2) is 5.79 Å². The van der Waals surface area contributed by atoms with Gasteiger partial charge in [0, 0.05) is 6.42 Å². The summed E-state index contributed by atoms with van der Waals surface area (Å²) in [5.41, 5.74) is 1.72. The summed E-state index contributed by atoms with van der Waals surface area (Å²) in [5, 5.41) is 0. The van der Waals surface area contributed by atoms with E-state index in [0.29, 0.717) is 16.6 Å². The first kappa shape index (κ1) is 18.4. The summed E-state index contributed by atoms with van der Waals surface area (Å²) in [6.07, 6.45) is 3.01. The summed E-state index contributed by atoms with van der Waals surface area (Å²) in [6.45, 7) is 17.9. The first-order chi connectivity index (χ1) is 11.1. The summed E-state index contributed by atoms with van der Waals surface area (Å²) in [5.74, 6) is 0.604. The molecular formula is C19H34O4Si. The zero-order valence-electron chi connectivity index (χ0n) is 16.5. The summed E-state index contributed by atoms with van der Waals surface area (Å²) >= 11 is 0. The Morgan fingerprint density at radius 3 is 2.08 bits per heavy atom. The monoisotopic (exact) mass is 354 g/mol. The molecule has 0 aliphatic carbocycles. The van der Waals surface area contributed by atoms with Crippen LogP contribution in [0.4, 0.5) is 0 Å². The molecule has 0 N–H and O–H groups in total. The van der Waals surface area contributed by atoms with Crippen LogP contribution in [0.3, 0.4) is 0 Å². The Labute approximate surface area is 148 Å². The van der Waals surface area contributed by atoms with E-state index in [4.69, 9.17) is 18.6 Å². The summed E-state index contributed by atoms with van der Waals surface area (Å²) in [7, 11) is -1.92. The Bertz CT molecular complexity index is 490. The van der Waals surface area contributed by atoms with Gasteiger partial charge in [0.1, 0.15) is 18.3 Å². The van der Waals surface area contributed by atoms with Crippen molar-refractivity contribution in [3.8, 4) is 0 Å². The Hall–Kier alpha value is -0.363. The topological polar surface area (TPSA) is 36.9 Å². The average molecular weight is 355 g/mol. The third-order valence-corrected chi connectivity index (χ3v) is 12.0. The van der Waals surface area contributed by atoms with Crippen molar-refractivity contribution in [3.05, 3.63) is 11.8 Å². The highest BCUT2D eigenvalue weighted by Gasteiger charge is 2.57. The van der Waals surface area contributed by atoms with Gasteiger partial charge in [-0.1, -0.05) is 41.5 Å². The fraction of sp³-hybridized carbons (Fsp3) is 0.895. The van der Waals surface area contributed by atoms with Crippen LogP contribution >= 0.6 is 0 Å². The van der Waals surface area contributed by atoms with Crippen LogP contribution in [0.1, 0.15) is 61.8 Å². The van der Waals surface area contributed by atoms with Gasteiger partial charge < -0.3 is 18.6 Å². The second kappa shape index (κ2) is 6.11. The lowest BCUT2D eigenvalue weighted by molar-refractivity contribution is -0.184. The first-order valence-corrected chi connectivity index (χ1v) is 11.6. The quantitative estimate of drug-likeness (QED) is 0.667. The van der Waals surface area contributed by atoms with E-state index in [1.54, 1.807) is 0 Å². The summed E-state index contributed by atoms with van der Waals surface area (Å²) < 4.78 is 25.1. The van der Waals surface area contributed by atoms with Gasteiger partial charge in [-0.25, -0.2) is 0 Å². The standard InChI is InChI=1S/C19H34O4Si/c1-11(2)24(12(3)4,13(5)6)23-14-9-15-17-18(16(10-14)20-15)22-19(7,8)21-17/h9,11-13,15-18H,10H2,1-8H3/t15-,16+,17-,18+/m0/s1. The summed E-state index contributed by atoms with van der Waals surface area (Å²) in [6, 6.07) is 0. The molecule has 2 saturated heterocycles. The minimum Gasteiger partial charge on any atom is -0.546 e. The molecule has 3 rings (SSSR count). The molecule has 3 aliphatic heterocycles. The van der Waals surface area contributed by atoms with Gasteiger partial charge in [-0.3, -0.25) is 0 Å². The second-order valence-electron chi connectivity index (χ2n) is 8.96. The molecule has 4 atom stereocenters. The van der Waals surface area contributed by atoms with Gasteiger partial charge in [-0.15, -0.1) is 0 Å². The smallest absolute Gasteiger partial charge is 0.258 e. The van der Waals surface area contributed by atoms with Crippen molar-refractivity contribution in [2.45, 2.75) is 109 Å². The number of fused-ring (bicyclic) bond motifs is 5. The molecule has 4 nitrogen and oxygen atoms in total. The molecule has 3 heterocycles. The van der Waals surface area contributed by atoms with Crippen LogP contribution in [0.25, 0.3) is 0 Å². The lowest BCUT2D eigenvalue weighted by Crippen LogP contribution is -2.48. The zero-order chi connectivity index (χ0) is 17.9. The van der Waals surface area contributed by atoms with E-state index < -0.39 is 14.1 Å². The minimum absolute atomic E-state index is 0.000633. The number of hydrogen-bond donors (Lipinski definition) is 0. The van der Waals surface area contributed by atoms with Gasteiger partial charge in [0.25, 0.3) is 8.32 Å². The van der Waals surface area contributed by atoms with Crippen molar-refractivity contribution >= 4 is 8.32 Å². The number of hydrogen-bond acceptors (Lipinski definition) is 4. The zero-order valence-corrected chi connectivity index (χ0v) is 17.5. The molecule has 0 spiro atoms. The largest absolute Gasteiger partial charge is 0.546 e. The molecule has 2 fully saturated rings. The maximum absolute atomic E-state index is 6.87. The molecule has 5 heteroatoms. The van der Waals surface area contributed by atoms with Gasteiger partial charge in [-0.2, -0.15) is 0 Å². The van der Waals surface area contributed by atoms with Crippen molar-refractivity contribution in [1.29, 1.82) is 0 Å². The number of rotatable bonds is 5. The molecular weight excluding hydrogens is 320 g/mol. The molecule has 0 amide bonds. The van der Waals surface area contributed by atoms with E-state index in [-0.39, 0.29) is 24.4 Å². The molecule has 0 aromatic heterocycles. The number of ether oxygens (including phenoxy) is 3. The lowest BCUT2D eigenvalue weighted by atomic mass is 10.1. The molecule has 0 unspecified atom stereocenters. The van der Waals surface area contributed by atoms with E-state index in [0.717, 1.165) is 12.2 Å². The van der Waals surface area contributed by atoms with E-state index in [9.17, 15) is 0 Å².